The molecule has 0 fully saturated rings. The van der Waals surface area contributed by atoms with Crippen LogP contribution in [-0.2, 0) is 14.3 Å². The highest BCUT2D eigenvalue weighted by Crippen LogP contribution is 2.25. The van der Waals surface area contributed by atoms with Crippen molar-refractivity contribution in [3.8, 4) is 5.75 Å². The summed E-state index contributed by atoms with van der Waals surface area (Å²) in [5.41, 5.74) is 0.703. The van der Waals surface area contributed by atoms with Crippen molar-refractivity contribution in [2.75, 3.05) is 11.9 Å². The Labute approximate surface area is 198 Å². The molecule has 0 aliphatic carbocycles. The largest absolute Gasteiger partial charge is 0.457 e. The van der Waals surface area contributed by atoms with Crippen LogP contribution in [0.5, 0.6) is 5.75 Å². The predicted octanol–water partition coefficient (Wildman–Crippen LogP) is 4.95. The molecule has 0 bridgehead atoms. The van der Waals surface area contributed by atoms with E-state index >= 15 is 0 Å². The molecule has 1 aromatic heterocycles. The van der Waals surface area contributed by atoms with E-state index in [1.807, 2.05) is 0 Å². The van der Waals surface area contributed by atoms with Crippen molar-refractivity contribution >= 4 is 52.5 Å². The standard InChI is InChI=1S/C23H17Cl2NO7/c24-17-8-5-15(12-18(17)25)26-21(28)9-10-22(29)32-13-19(27)14-3-6-16(7-4-14)33-23(30)20-2-1-11-31-20/h1-8,11-12H,9-10,13H2,(H,26,28). The molecular formula is C23H17Cl2NO7. The molecule has 10 heteroatoms. The van der Waals surface area contributed by atoms with Gasteiger partial charge in [0.15, 0.2) is 12.4 Å². The fourth-order valence-electron chi connectivity index (χ4n) is 2.58. The van der Waals surface area contributed by atoms with Crippen LogP contribution in [0.15, 0.2) is 65.3 Å². The lowest BCUT2D eigenvalue weighted by atomic mass is 10.1. The lowest BCUT2D eigenvalue weighted by Crippen LogP contribution is -2.17. The number of amides is 1. The third-order valence-corrected chi connectivity index (χ3v) is 4.97. The normalized spacial score (nSPS) is 10.4. The van der Waals surface area contributed by atoms with Crippen LogP contribution in [0.4, 0.5) is 5.69 Å². The van der Waals surface area contributed by atoms with Crippen LogP contribution < -0.4 is 10.1 Å². The van der Waals surface area contributed by atoms with Crippen LogP contribution in [0.25, 0.3) is 0 Å². The van der Waals surface area contributed by atoms with Gasteiger partial charge in [0.25, 0.3) is 0 Å². The summed E-state index contributed by atoms with van der Waals surface area (Å²) in [5.74, 6) is -1.97. The molecule has 1 N–H and O–H groups in total. The lowest BCUT2D eigenvalue weighted by Gasteiger charge is -2.07. The topological polar surface area (TPSA) is 112 Å². The van der Waals surface area contributed by atoms with Gasteiger partial charge in [-0.25, -0.2) is 4.79 Å². The van der Waals surface area contributed by atoms with Gasteiger partial charge in [-0.1, -0.05) is 23.2 Å². The number of furan rings is 1. The van der Waals surface area contributed by atoms with E-state index in [1.165, 1.54) is 48.7 Å². The molecule has 0 unspecified atom stereocenters. The lowest BCUT2D eigenvalue weighted by molar-refractivity contribution is -0.143. The zero-order chi connectivity index (χ0) is 23.8. The Bertz CT molecular complexity index is 1160. The molecule has 0 spiro atoms. The summed E-state index contributed by atoms with van der Waals surface area (Å²) in [5, 5.41) is 3.23. The summed E-state index contributed by atoms with van der Waals surface area (Å²) < 4.78 is 15.0. The number of rotatable bonds is 9. The van der Waals surface area contributed by atoms with E-state index in [9.17, 15) is 19.2 Å². The number of ether oxygens (including phenoxy) is 2. The molecule has 0 radical (unpaired) electrons. The van der Waals surface area contributed by atoms with Crippen LogP contribution in [0.1, 0.15) is 33.8 Å². The summed E-state index contributed by atoms with van der Waals surface area (Å²) in [6.07, 6.45) is 1.01. The van der Waals surface area contributed by atoms with Crippen molar-refractivity contribution in [2.24, 2.45) is 0 Å². The minimum absolute atomic E-state index is 0.0488. The zero-order valence-electron chi connectivity index (χ0n) is 17.0. The van der Waals surface area contributed by atoms with E-state index in [1.54, 1.807) is 12.1 Å². The van der Waals surface area contributed by atoms with Gasteiger partial charge in [0, 0.05) is 17.7 Å². The van der Waals surface area contributed by atoms with Crippen LogP contribution >= 0.6 is 23.2 Å². The summed E-state index contributed by atoms with van der Waals surface area (Å²) in [6, 6.07) is 13.4. The first kappa shape index (κ1) is 24.0. The maximum absolute atomic E-state index is 12.2. The predicted molar refractivity (Wildman–Crippen MR) is 120 cm³/mol. The molecule has 1 heterocycles. The number of anilines is 1. The molecule has 0 saturated heterocycles. The smallest absolute Gasteiger partial charge is 0.379 e. The second-order valence-corrected chi connectivity index (χ2v) is 7.47. The van der Waals surface area contributed by atoms with Gasteiger partial charge in [-0.15, -0.1) is 0 Å². The van der Waals surface area contributed by atoms with E-state index in [4.69, 9.17) is 37.1 Å². The summed E-state index contributed by atoms with van der Waals surface area (Å²) in [6.45, 7) is -0.487. The Morgan fingerprint density at radius 2 is 1.67 bits per heavy atom. The minimum atomic E-state index is -0.698. The van der Waals surface area contributed by atoms with Crippen molar-refractivity contribution < 1.29 is 33.1 Å². The molecule has 3 rings (SSSR count). The monoisotopic (exact) mass is 489 g/mol. The molecule has 2 aromatic carbocycles. The number of ketones is 1. The zero-order valence-corrected chi connectivity index (χ0v) is 18.5. The molecular weight excluding hydrogens is 473 g/mol. The van der Waals surface area contributed by atoms with Gasteiger partial charge in [-0.3, -0.25) is 14.4 Å². The highest BCUT2D eigenvalue weighted by molar-refractivity contribution is 6.42. The average molecular weight is 490 g/mol. The summed E-state index contributed by atoms with van der Waals surface area (Å²) >= 11 is 11.7. The van der Waals surface area contributed by atoms with Gasteiger partial charge in [0.1, 0.15) is 5.75 Å². The second-order valence-electron chi connectivity index (χ2n) is 6.65. The van der Waals surface area contributed by atoms with Crippen molar-refractivity contribution in [2.45, 2.75) is 12.8 Å². The Balaban J connectivity index is 1.40. The fraction of sp³-hybridized carbons (Fsp3) is 0.130. The van der Waals surface area contributed by atoms with Gasteiger partial charge in [-0.05, 0) is 54.6 Å². The average Bonchev–Trinajstić information content (AvgIpc) is 3.34. The number of carbonyl (C=O) groups excluding carboxylic acids is 4. The Kier molecular flexibility index (Phi) is 8.23. The highest BCUT2D eigenvalue weighted by atomic mass is 35.5. The maximum atomic E-state index is 12.2. The number of carbonyl (C=O) groups is 4. The van der Waals surface area contributed by atoms with Crippen LogP contribution in [0.2, 0.25) is 10.0 Å². The quantitative estimate of drug-likeness (QED) is 0.257. The first-order valence-electron chi connectivity index (χ1n) is 9.61. The summed E-state index contributed by atoms with van der Waals surface area (Å²) in [4.78, 5) is 47.9. The van der Waals surface area contributed by atoms with Gasteiger partial charge < -0.3 is 19.2 Å². The van der Waals surface area contributed by atoms with E-state index < -0.39 is 30.2 Å². The molecule has 0 atom stereocenters. The Morgan fingerprint density at radius 3 is 2.33 bits per heavy atom. The first-order valence-corrected chi connectivity index (χ1v) is 10.4. The number of nitrogens with one attached hydrogen (secondary N) is 1. The van der Waals surface area contributed by atoms with E-state index in [-0.39, 0.29) is 34.9 Å². The molecule has 33 heavy (non-hydrogen) atoms. The molecule has 0 aliphatic heterocycles. The van der Waals surface area contributed by atoms with E-state index in [0.29, 0.717) is 10.7 Å². The van der Waals surface area contributed by atoms with Gasteiger partial charge in [0.05, 0.1) is 22.7 Å². The number of hydrogen-bond donors (Lipinski definition) is 1. The molecule has 3 aromatic rings. The number of esters is 2. The number of hydrogen-bond acceptors (Lipinski definition) is 7. The number of benzene rings is 2. The van der Waals surface area contributed by atoms with Gasteiger partial charge in [-0.2, -0.15) is 0 Å². The molecule has 0 aliphatic rings. The van der Waals surface area contributed by atoms with Gasteiger partial charge in [0.2, 0.25) is 11.7 Å². The highest BCUT2D eigenvalue weighted by Gasteiger charge is 2.14. The van der Waals surface area contributed by atoms with Crippen LogP contribution in [0, 0.1) is 0 Å². The number of Topliss-reactive ketones (excluding diaryl/α,β-unsaturated/α-hetero) is 1. The van der Waals surface area contributed by atoms with Crippen LogP contribution in [0.3, 0.4) is 0 Å². The Morgan fingerprint density at radius 1 is 0.909 bits per heavy atom. The van der Waals surface area contributed by atoms with Gasteiger partial charge >= 0.3 is 11.9 Å². The molecule has 0 saturated carbocycles. The van der Waals surface area contributed by atoms with Crippen molar-refractivity contribution in [1.82, 2.24) is 0 Å². The third-order valence-electron chi connectivity index (χ3n) is 4.23. The van der Waals surface area contributed by atoms with E-state index in [2.05, 4.69) is 5.32 Å². The second kappa shape index (κ2) is 11.3. The van der Waals surface area contributed by atoms with Crippen molar-refractivity contribution in [1.29, 1.82) is 0 Å². The third kappa shape index (κ3) is 7.20. The number of halogens is 2. The Hall–Kier alpha value is -3.62. The minimum Gasteiger partial charge on any atom is -0.457 e. The van der Waals surface area contributed by atoms with Crippen LogP contribution in [-0.4, -0.2) is 30.2 Å². The maximum Gasteiger partial charge on any atom is 0.379 e. The fourth-order valence-corrected chi connectivity index (χ4v) is 2.87. The SMILES string of the molecule is O=C(CCC(=O)OCC(=O)c1ccc(OC(=O)c2ccco2)cc1)Nc1ccc(Cl)c(Cl)c1. The van der Waals surface area contributed by atoms with Crippen molar-refractivity contribution in [3.05, 3.63) is 82.2 Å². The molecule has 8 nitrogen and oxygen atoms in total. The first-order chi connectivity index (χ1) is 15.8. The molecule has 1 amide bonds. The molecule has 170 valence electrons. The van der Waals surface area contributed by atoms with Crippen molar-refractivity contribution in [3.63, 3.8) is 0 Å². The summed E-state index contributed by atoms with van der Waals surface area (Å²) in [7, 11) is 0. The van der Waals surface area contributed by atoms with E-state index in [0.717, 1.165) is 0 Å².